The average Bonchev–Trinajstić information content (AvgIpc) is 3.29. The lowest BCUT2D eigenvalue weighted by Gasteiger charge is -2.19. The van der Waals surface area contributed by atoms with E-state index < -0.39 is 6.09 Å². The van der Waals surface area contributed by atoms with E-state index in [9.17, 15) is 9.59 Å². The number of alkyl carbamates (subject to hydrolysis) is 1. The van der Waals surface area contributed by atoms with Gasteiger partial charge in [0.05, 0.1) is 0 Å². The molecule has 0 saturated heterocycles. The van der Waals surface area contributed by atoms with Gasteiger partial charge in [-0.2, -0.15) is 4.79 Å². The number of amides is 1. The van der Waals surface area contributed by atoms with E-state index in [0.717, 1.165) is 23.8 Å². The topological polar surface area (TPSA) is 91.8 Å². The maximum Gasteiger partial charge on any atom is 0.407 e. The van der Waals surface area contributed by atoms with Crippen molar-refractivity contribution in [1.29, 1.82) is 0 Å². The predicted octanol–water partition coefficient (Wildman–Crippen LogP) is 3.56. The second-order valence-corrected chi connectivity index (χ2v) is 7.26. The summed E-state index contributed by atoms with van der Waals surface area (Å²) in [5.41, 5.74) is 13.2. The summed E-state index contributed by atoms with van der Waals surface area (Å²) in [5, 5.41) is 2.81. The van der Waals surface area contributed by atoms with Crippen molar-refractivity contribution in [2.24, 2.45) is 5.92 Å². The second kappa shape index (κ2) is 7.79. The van der Waals surface area contributed by atoms with E-state index in [4.69, 9.17) is 10.3 Å². The van der Waals surface area contributed by atoms with Gasteiger partial charge in [-0.1, -0.05) is 55.0 Å². The molecule has 0 radical (unpaired) electrons. The molecule has 0 spiro atoms. The summed E-state index contributed by atoms with van der Waals surface area (Å²) in [6.07, 6.45) is 2.60. The van der Waals surface area contributed by atoms with E-state index in [1.165, 1.54) is 11.1 Å². The first-order chi connectivity index (χ1) is 13.7. The lowest BCUT2D eigenvalue weighted by molar-refractivity contribution is -0.119. The molecule has 2 aliphatic rings. The Balaban J connectivity index is 1.43. The number of nitrogens with zero attached hydrogens (tertiary/aromatic N) is 2. The minimum absolute atomic E-state index is 0.000629. The Hall–Kier alpha value is -3.24. The Morgan fingerprint density at radius 3 is 2.36 bits per heavy atom. The van der Waals surface area contributed by atoms with Crippen molar-refractivity contribution in [3.05, 3.63) is 65.2 Å². The number of hydrogen-bond donors (Lipinski definition) is 1. The molecule has 2 aromatic rings. The summed E-state index contributed by atoms with van der Waals surface area (Å²) in [5.74, 6) is -0.638. The van der Waals surface area contributed by atoms with E-state index in [-0.39, 0.29) is 30.3 Å². The molecule has 0 heterocycles. The molecule has 6 nitrogen and oxygen atoms in total. The molecule has 2 aromatic carbocycles. The normalized spacial score (nSPS) is 20.0. The average molecular weight is 375 g/mol. The van der Waals surface area contributed by atoms with Crippen LogP contribution in [0, 0.1) is 5.92 Å². The number of nitrogens with one attached hydrogen (secondary N) is 1. The largest absolute Gasteiger partial charge is 0.449 e. The SMILES string of the molecule is [N-]=[N+]=CC(=O)C1CCCC1NC(=O)OCC1c2ccccc2-c2ccccc21. The third-order valence-corrected chi connectivity index (χ3v) is 5.71. The first-order valence-corrected chi connectivity index (χ1v) is 9.52. The van der Waals surface area contributed by atoms with Gasteiger partial charge in [-0.05, 0) is 35.1 Å². The molecule has 4 rings (SSSR count). The number of carbonyl (C=O) groups is 2. The Morgan fingerprint density at radius 1 is 1.07 bits per heavy atom. The number of hydrogen-bond acceptors (Lipinski definition) is 3. The van der Waals surface area contributed by atoms with Gasteiger partial charge in [-0.15, -0.1) is 0 Å². The van der Waals surface area contributed by atoms with E-state index in [1.807, 2.05) is 24.3 Å². The molecule has 1 saturated carbocycles. The third kappa shape index (κ3) is 3.35. The van der Waals surface area contributed by atoms with Gasteiger partial charge in [-0.3, -0.25) is 4.79 Å². The molecule has 1 fully saturated rings. The third-order valence-electron chi connectivity index (χ3n) is 5.71. The summed E-state index contributed by atoms with van der Waals surface area (Å²) in [6.45, 7) is 0.239. The van der Waals surface area contributed by atoms with Crippen LogP contribution in [0.4, 0.5) is 4.79 Å². The maximum absolute atomic E-state index is 12.4. The quantitative estimate of drug-likeness (QED) is 0.492. The molecule has 142 valence electrons. The van der Waals surface area contributed by atoms with Crippen LogP contribution in [-0.4, -0.2) is 35.5 Å². The van der Waals surface area contributed by atoms with Crippen molar-refractivity contribution in [2.75, 3.05) is 6.61 Å². The zero-order valence-corrected chi connectivity index (χ0v) is 15.4. The number of carbonyl (C=O) groups excluding carboxylic acids is 2. The van der Waals surface area contributed by atoms with Crippen molar-refractivity contribution in [3.8, 4) is 11.1 Å². The molecular weight excluding hydrogens is 354 g/mol. The highest BCUT2D eigenvalue weighted by Gasteiger charge is 2.35. The minimum atomic E-state index is -0.521. The molecule has 0 aromatic heterocycles. The molecule has 2 aliphatic carbocycles. The highest BCUT2D eigenvalue weighted by atomic mass is 16.5. The summed E-state index contributed by atoms with van der Waals surface area (Å²) >= 11 is 0. The molecule has 2 unspecified atom stereocenters. The van der Waals surface area contributed by atoms with Gasteiger partial charge in [0.1, 0.15) is 6.61 Å². The van der Waals surface area contributed by atoms with Gasteiger partial charge < -0.3 is 15.6 Å². The summed E-state index contributed by atoms with van der Waals surface area (Å²) in [7, 11) is 0. The number of fused-ring (bicyclic) bond motifs is 3. The number of ketones is 1. The molecule has 0 aliphatic heterocycles. The zero-order valence-electron chi connectivity index (χ0n) is 15.4. The van der Waals surface area contributed by atoms with Gasteiger partial charge in [0.25, 0.3) is 0 Å². The van der Waals surface area contributed by atoms with Crippen molar-refractivity contribution < 1.29 is 19.1 Å². The Kier molecular flexibility index (Phi) is 5.04. The van der Waals surface area contributed by atoms with Crippen molar-refractivity contribution in [1.82, 2.24) is 5.32 Å². The first kappa shape index (κ1) is 18.1. The van der Waals surface area contributed by atoms with Crippen LogP contribution in [0.2, 0.25) is 0 Å². The van der Waals surface area contributed by atoms with Crippen LogP contribution in [0.3, 0.4) is 0 Å². The number of benzene rings is 2. The summed E-state index contributed by atoms with van der Waals surface area (Å²) < 4.78 is 5.55. The monoisotopic (exact) mass is 375 g/mol. The lowest BCUT2D eigenvalue weighted by atomic mass is 9.98. The van der Waals surface area contributed by atoms with Crippen LogP contribution in [0.5, 0.6) is 0 Å². The molecule has 2 atom stereocenters. The molecule has 1 N–H and O–H groups in total. The fourth-order valence-corrected chi connectivity index (χ4v) is 4.42. The lowest BCUT2D eigenvalue weighted by Crippen LogP contribution is -2.41. The smallest absolute Gasteiger partial charge is 0.407 e. The number of rotatable bonds is 5. The summed E-state index contributed by atoms with van der Waals surface area (Å²) in [4.78, 5) is 27.2. The Labute approximate surface area is 163 Å². The molecule has 0 bridgehead atoms. The molecular formula is C22H21N3O3. The van der Waals surface area contributed by atoms with Gasteiger partial charge in [0.15, 0.2) is 0 Å². The van der Waals surface area contributed by atoms with Crippen molar-refractivity contribution >= 4 is 18.1 Å². The van der Waals surface area contributed by atoms with Crippen LogP contribution < -0.4 is 5.32 Å². The van der Waals surface area contributed by atoms with Crippen LogP contribution in [-0.2, 0) is 9.53 Å². The highest BCUT2D eigenvalue weighted by Crippen LogP contribution is 2.44. The Bertz CT molecular complexity index is 920. The van der Waals surface area contributed by atoms with E-state index in [2.05, 4.69) is 34.4 Å². The van der Waals surface area contributed by atoms with Crippen molar-refractivity contribution in [3.63, 3.8) is 0 Å². The van der Waals surface area contributed by atoms with E-state index in [0.29, 0.717) is 12.8 Å². The molecule has 6 heteroatoms. The second-order valence-electron chi connectivity index (χ2n) is 7.26. The van der Waals surface area contributed by atoms with Gasteiger partial charge in [0, 0.05) is 17.9 Å². The van der Waals surface area contributed by atoms with E-state index in [1.54, 1.807) is 0 Å². The van der Waals surface area contributed by atoms with Gasteiger partial charge in [0.2, 0.25) is 5.78 Å². The van der Waals surface area contributed by atoms with Crippen molar-refractivity contribution in [2.45, 2.75) is 31.2 Å². The van der Waals surface area contributed by atoms with E-state index >= 15 is 0 Å². The minimum Gasteiger partial charge on any atom is -0.449 e. The summed E-state index contributed by atoms with van der Waals surface area (Å²) in [6, 6.07) is 16.0. The fourth-order valence-electron chi connectivity index (χ4n) is 4.42. The van der Waals surface area contributed by atoms with Crippen LogP contribution in [0.15, 0.2) is 48.5 Å². The van der Waals surface area contributed by atoms with Gasteiger partial charge >= 0.3 is 12.3 Å². The predicted molar refractivity (Wildman–Crippen MR) is 104 cm³/mol. The van der Waals surface area contributed by atoms with Crippen LogP contribution >= 0.6 is 0 Å². The zero-order chi connectivity index (χ0) is 19.5. The highest BCUT2D eigenvalue weighted by molar-refractivity contribution is 6.26. The number of Topliss-reactive ketones (excluding diaryl/α,β-unsaturated/α-hetero) is 1. The Morgan fingerprint density at radius 2 is 1.71 bits per heavy atom. The van der Waals surface area contributed by atoms with Crippen LogP contribution in [0.1, 0.15) is 36.3 Å². The fraction of sp³-hybridized carbons (Fsp3) is 0.318. The molecule has 28 heavy (non-hydrogen) atoms. The van der Waals surface area contributed by atoms with Gasteiger partial charge in [-0.25, -0.2) is 4.79 Å². The maximum atomic E-state index is 12.4. The first-order valence-electron chi connectivity index (χ1n) is 9.52. The standard InChI is InChI=1S/C22H21N3O3/c23-24-12-21(26)18-10-5-11-20(18)25-22(27)28-13-19-16-8-3-1-6-14(16)15-7-2-4-9-17(15)19/h1-4,6-9,12,18-20H,5,10-11,13H2,(H,25,27). The van der Waals surface area contributed by atoms with Crippen LogP contribution in [0.25, 0.3) is 16.7 Å². The number of ether oxygens (including phenoxy) is 1. The molecule has 1 amide bonds.